The van der Waals surface area contributed by atoms with Crippen LogP contribution in [-0.4, -0.2) is 81.3 Å². The highest BCUT2D eigenvalue weighted by Gasteiger charge is 2.64. The lowest BCUT2D eigenvalue weighted by Crippen LogP contribution is -3.00. The van der Waals surface area contributed by atoms with Crippen LogP contribution in [0.3, 0.4) is 0 Å². The molecule has 0 spiro atoms. The average Bonchev–Trinajstić information content (AvgIpc) is 3.27. The maximum Gasteiger partial charge on any atom is 0.310 e. The number of aliphatic carboxylic acids is 2. The molecule has 0 aromatic heterocycles. The van der Waals surface area contributed by atoms with Crippen molar-refractivity contribution < 1.29 is 81.8 Å². The normalized spacial score (nSPS) is 31.3. The Kier molecular flexibility index (Phi) is 13.3. The van der Waals surface area contributed by atoms with Crippen LogP contribution < -0.4 is 43.4 Å². The summed E-state index contributed by atoms with van der Waals surface area (Å²) in [5.41, 5.74) is 0.678. The first-order valence-corrected chi connectivity index (χ1v) is 18.4. The average molecular weight is 892 g/mol. The Hall–Kier alpha value is -2.22. The van der Waals surface area contributed by atoms with Gasteiger partial charge in [-0.2, -0.15) is 0 Å². The zero-order valence-corrected chi connectivity index (χ0v) is 34.6. The number of halogens is 4. The molecule has 14 heteroatoms. The molecule has 4 aliphatic heterocycles. The second-order valence-electron chi connectivity index (χ2n) is 15.7. The van der Waals surface area contributed by atoms with Crippen LogP contribution in [0.1, 0.15) is 82.8 Å². The highest BCUT2D eigenvalue weighted by Crippen LogP contribution is 2.59. The van der Waals surface area contributed by atoms with Crippen molar-refractivity contribution in [3.63, 3.8) is 0 Å². The van der Waals surface area contributed by atoms with Crippen LogP contribution in [-0.2, 0) is 32.3 Å². The van der Waals surface area contributed by atoms with Gasteiger partial charge in [0.15, 0.2) is 0 Å². The Balaban J connectivity index is 0.00000302. The summed E-state index contributed by atoms with van der Waals surface area (Å²) in [6, 6.07) is 11.8. The molecule has 2 aromatic rings. The SMILES string of the molecule is CC(=O)Oc1ccc(C[N+]2(C)C3CCC2CC(C(CC(=O)O)(C(=O)O)C2CC4CCC(C2)[N+]4(C)Cc2ccc(OC(C)=O)c(Cl)c2)C3)cc1Cl.[Br-].[Br-]. The summed E-state index contributed by atoms with van der Waals surface area (Å²) in [5.74, 6) is -2.74. The van der Waals surface area contributed by atoms with E-state index in [2.05, 4.69) is 14.1 Å². The molecular formula is C38H48Br2Cl2N2O8. The first-order valence-electron chi connectivity index (χ1n) is 17.6. The molecule has 0 amide bonds. The molecule has 6 rings (SSSR count). The van der Waals surface area contributed by atoms with Crippen molar-refractivity contribution in [1.29, 1.82) is 0 Å². The number of hydrogen-bond acceptors (Lipinski definition) is 6. The van der Waals surface area contributed by atoms with E-state index < -0.39 is 29.3 Å². The molecule has 10 nitrogen and oxygen atoms in total. The second-order valence-corrected chi connectivity index (χ2v) is 16.6. The highest BCUT2D eigenvalue weighted by atomic mass is 79.9. The van der Waals surface area contributed by atoms with Gasteiger partial charge in [0.2, 0.25) is 0 Å². The number of piperidine rings is 2. The number of ether oxygens (including phenoxy) is 2. The molecule has 4 bridgehead atoms. The van der Waals surface area contributed by atoms with Crippen LogP contribution in [0.5, 0.6) is 11.5 Å². The second kappa shape index (κ2) is 16.3. The van der Waals surface area contributed by atoms with E-state index in [1.54, 1.807) is 12.1 Å². The third-order valence-electron chi connectivity index (χ3n) is 13.1. The van der Waals surface area contributed by atoms with E-state index in [-0.39, 0.29) is 76.4 Å². The first kappa shape index (κ1) is 42.5. The number of carbonyl (C=O) groups is 4. The van der Waals surface area contributed by atoms with Crippen LogP contribution >= 0.6 is 23.2 Å². The van der Waals surface area contributed by atoms with Gasteiger partial charge in [-0.3, -0.25) is 19.2 Å². The Bertz CT molecular complexity index is 1580. The van der Waals surface area contributed by atoms with Gasteiger partial charge in [-0.25, -0.2) is 0 Å². The van der Waals surface area contributed by atoms with Crippen LogP contribution in [0.15, 0.2) is 36.4 Å². The minimum atomic E-state index is -1.35. The molecule has 52 heavy (non-hydrogen) atoms. The molecule has 0 radical (unpaired) electrons. The van der Waals surface area contributed by atoms with E-state index in [9.17, 15) is 29.4 Å². The van der Waals surface area contributed by atoms with Crippen LogP contribution in [0, 0.1) is 17.3 Å². The van der Waals surface area contributed by atoms with Gasteiger partial charge < -0.3 is 62.6 Å². The number of rotatable bonds is 11. The predicted molar refractivity (Wildman–Crippen MR) is 187 cm³/mol. The Morgan fingerprint density at radius 1 is 0.692 bits per heavy atom. The van der Waals surface area contributed by atoms with E-state index in [1.165, 1.54) is 13.8 Å². The van der Waals surface area contributed by atoms with Crippen molar-refractivity contribution in [1.82, 2.24) is 0 Å². The van der Waals surface area contributed by atoms with E-state index in [0.717, 1.165) is 45.8 Å². The number of carbonyl (C=O) groups excluding carboxylic acids is 2. The summed E-state index contributed by atoms with van der Waals surface area (Å²) in [7, 11) is 4.47. The number of hydrogen-bond donors (Lipinski definition) is 2. The van der Waals surface area contributed by atoms with Crippen molar-refractivity contribution in [2.45, 2.75) is 109 Å². The number of esters is 2. The van der Waals surface area contributed by atoms with E-state index in [0.29, 0.717) is 60.3 Å². The van der Waals surface area contributed by atoms with Crippen molar-refractivity contribution in [2.24, 2.45) is 17.3 Å². The standard InChI is InChI=1S/C38H46Cl2N2O8.2BrH/c1-22(43)49-34-11-5-24(13-32(34)39)20-41(3)28-7-8-29(41)16-26(15-28)38(37(47)48,19-36(45)46)27-17-30-9-10-31(18-27)42(30,4)21-25-6-12-35(33(40)14-25)50-23(2)44;;/h5-6,11-14,26-31H,7-10,15-21H2,1-4H3;2*1H. The number of benzene rings is 2. The molecule has 0 aliphatic carbocycles. The summed E-state index contributed by atoms with van der Waals surface area (Å²) in [6.07, 6.45) is 6.13. The maximum absolute atomic E-state index is 13.6. The largest absolute Gasteiger partial charge is 1.00 e. The highest BCUT2D eigenvalue weighted by molar-refractivity contribution is 6.32. The van der Waals surface area contributed by atoms with Crippen molar-refractivity contribution in [2.75, 3.05) is 14.1 Å². The molecule has 4 fully saturated rings. The first-order chi connectivity index (χ1) is 23.5. The summed E-state index contributed by atoms with van der Waals surface area (Å²) in [6.45, 7) is 4.08. The number of fused-ring (bicyclic) bond motifs is 4. The molecule has 2 N–H and O–H groups in total. The molecule has 4 heterocycles. The molecule has 2 aromatic carbocycles. The van der Waals surface area contributed by atoms with Gasteiger partial charge in [0, 0.05) is 76.3 Å². The molecule has 4 aliphatic rings. The molecule has 4 atom stereocenters. The summed E-state index contributed by atoms with van der Waals surface area (Å²) < 4.78 is 11.9. The van der Waals surface area contributed by atoms with Gasteiger partial charge in [0.1, 0.15) is 24.6 Å². The fourth-order valence-corrected chi connectivity index (χ4v) is 11.2. The van der Waals surface area contributed by atoms with Gasteiger partial charge in [0.05, 0.1) is 60.1 Å². The predicted octanol–water partition coefficient (Wildman–Crippen LogP) is 0.873. The lowest BCUT2D eigenvalue weighted by Gasteiger charge is -2.55. The lowest BCUT2D eigenvalue weighted by molar-refractivity contribution is -0.963. The van der Waals surface area contributed by atoms with Crippen molar-refractivity contribution >= 4 is 47.1 Å². The van der Waals surface area contributed by atoms with Crippen LogP contribution in [0.4, 0.5) is 0 Å². The monoisotopic (exact) mass is 888 g/mol. The van der Waals surface area contributed by atoms with E-state index >= 15 is 0 Å². The van der Waals surface area contributed by atoms with Crippen LogP contribution in [0.25, 0.3) is 0 Å². The minimum absolute atomic E-state index is 0. The van der Waals surface area contributed by atoms with Crippen LogP contribution in [0.2, 0.25) is 10.0 Å². The lowest BCUT2D eigenvalue weighted by atomic mass is 9.57. The Labute approximate surface area is 336 Å². The number of carboxylic acid groups (broad SMARTS) is 2. The number of carboxylic acids is 2. The zero-order valence-electron chi connectivity index (χ0n) is 30.0. The van der Waals surface area contributed by atoms with E-state index in [4.69, 9.17) is 32.7 Å². The smallest absolute Gasteiger partial charge is 0.310 e. The van der Waals surface area contributed by atoms with Gasteiger partial charge in [-0.1, -0.05) is 23.2 Å². The third kappa shape index (κ3) is 7.94. The zero-order chi connectivity index (χ0) is 36.2. The summed E-state index contributed by atoms with van der Waals surface area (Å²) in [4.78, 5) is 49.2. The number of nitrogens with zero attached hydrogens (tertiary/aromatic N) is 2. The van der Waals surface area contributed by atoms with Gasteiger partial charge in [0.25, 0.3) is 0 Å². The Morgan fingerprint density at radius 3 is 1.31 bits per heavy atom. The molecule has 4 saturated heterocycles. The maximum atomic E-state index is 13.6. The van der Waals surface area contributed by atoms with Gasteiger partial charge in [-0.05, 0) is 48.2 Å². The van der Waals surface area contributed by atoms with Gasteiger partial charge in [-0.15, -0.1) is 0 Å². The summed E-state index contributed by atoms with van der Waals surface area (Å²) in [5, 5.41) is 22.2. The van der Waals surface area contributed by atoms with Crippen molar-refractivity contribution in [3.05, 3.63) is 57.6 Å². The molecule has 4 unspecified atom stereocenters. The molecule has 286 valence electrons. The molecular weight excluding hydrogens is 843 g/mol. The fraction of sp³-hybridized carbons (Fsp3) is 0.579. The topological polar surface area (TPSA) is 127 Å². The summed E-state index contributed by atoms with van der Waals surface area (Å²) >= 11 is 12.9. The molecule has 0 saturated carbocycles. The Morgan fingerprint density at radius 2 is 1.04 bits per heavy atom. The van der Waals surface area contributed by atoms with E-state index in [1.807, 2.05) is 24.3 Å². The van der Waals surface area contributed by atoms with Gasteiger partial charge >= 0.3 is 23.9 Å². The number of quaternary nitrogens is 2. The minimum Gasteiger partial charge on any atom is -1.00 e. The quantitative estimate of drug-likeness (QED) is 0.194. The third-order valence-corrected chi connectivity index (χ3v) is 13.7. The van der Waals surface area contributed by atoms with Crippen molar-refractivity contribution in [3.8, 4) is 11.5 Å². The fourth-order valence-electron chi connectivity index (χ4n) is 10.7.